The van der Waals surface area contributed by atoms with Crippen LogP contribution in [-0.4, -0.2) is 35.8 Å². The zero-order chi connectivity index (χ0) is 20.3. The number of hydrogen-bond acceptors (Lipinski definition) is 6. The molecule has 0 atom stereocenters. The second-order valence-corrected chi connectivity index (χ2v) is 6.16. The number of hydrazine groups is 1. The average Bonchev–Trinajstić information content (AvgIpc) is 3.25. The molecule has 2 aromatic rings. The van der Waals surface area contributed by atoms with E-state index in [9.17, 15) is 14.4 Å². The fourth-order valence-corrected chi connectivity index (χ4v) is 2.88. The number of nitrogens with zero attached hydrogens (tertiary/aromatic N) is 1. The van der Waals surface area contributed by atoms with Gasteiger partial charge >= 0.3 is 5.97 Å². The van der Waals surface area contributed by atoms with Gasteiger partial charge in [0.25, 0.3) is 11.8 Å². The van der Waals surface area contributed by atoms with Gasteiger partial charge in [0.2, 0.25) is 6.79 Å². The van der Waals surface area contributed by atoms with Gasteiger partial charge in [0, 0.05) is 17.0 Å². The summed E-state index contributed by atoms with van der Waals surface area (Å²) in [5.41, 5.74) is 6.81. The molecule has 0 radical (unpaired) electrons. The van der Waals surface area contributed by atoms with Crippen LogP contribution >= 0.6 is 0 Å². The van der Waals surface area contributed by atoms with E-state index in [-0.39, 0.29) is 19.9 Å². The number of ether oxygens (including phenoxy) is 3. The van der Waals surface area contributed by atoms with Gasteiger partial charge in [-0.3, -0.25) is 20.4 Å². The molecule has 1 aliphatic rings. The molecule has 3 rings (SSSR count). The van der Waals surface area contributed by atoms with Gasteiger partial charge in [-0.25, -0.2) is 4.79 Å². The number of hydrogen-bond donors (Lipinski definition) is 2. The van der Waals surface area contributed by atoms with Crippen molar-refractivity contribution in [2.75, 3.05) is 13.4 Å². The monoisotopic (exact) mass is 387 g/mol. The lowest BCUT2D eigenvalue weighted by atomic mass is 10.2. The van der Waals surface area contributed by atoms with Gasteiger partial charge in [0.15, 0.2) is 11.5 Å². The van der Waals surface area contributed by atoms with Crippen LogP contribution in [0, 0.1) is 13.8 Å². The normalized spacial score (nSPS) is 11.8. The van der Waals surface area contributed by atoms with E-state index in [2.05, 4.69) is 10.9 Å². The maximum atomic E-state index is 12.2. The third kappa shape index (κ3) is 3.93. The summed E-state index contributed by atoms with van der Waals surface area (Å²) in [6.45, 7) is 5.58. The van der Waals surface area contributed by atoms with Gasteiger partial charge in [0.1, 0.15) is 6.54 Å². The Bertz CT molecular complexity index is 934. The minimum absolute atomic E-state index is 0.0571. The van der Waals surface area contributed by atoms with Crippen LogP contribution in [0.1, 0.15) is 39.0 Å². The Labute approximate surface area is 161 Å². The number of amides is 2. The van der Waals surface area contributed by atoms with Crippen molar-refractivity contribution in [1.82, 2.24) is 15.4 Å². The molecule has 2 amide bonds. The molecule has 0 fully saturated rings. The van der Waals surface area contributed by atoms with Crippen LogP contribution in [0.5, 0.6) is 11.5 Å². The molecule has 1 aromatic carbocycles. The van der Waals surface area contributed by atoms with Crippen molar-refractivity contribution < 1.29 is 28.6 Å². The minimum atomic E-state index is -0.486. The smallest absolute Gasteiger partial charge is 0.339 e. The summed E-state index contributed by atoms with van der Waals surface area (Å²) in [5, 5.41) is 0. The Balaban J connectivity index is 1.60. The molecule has 0 aliphatic carbocycles. The van der Waals surface area contributed by atoms with Crippen molar-refractivity contribution in [3.63, 3.8) is 0 Å². The van der Waals surface area contributed by atoms with Gasteiger partial charge in [-0.1, -0.05) is 0 Å². The van der Waals surface area contributed by atoms with E-state index < -0.39 is 17.8 Å². The number of benzene rings is 1. The number of fused-ring (bicyclic) bond motifs is 1. The van der Waals surface area contributed by atoms with E-state index in [1.165, 1.54) is 6.07 Å². The number of carbonyl (C=O) groups is 3. The maximum Gasteiger partial charge on any atom is 0.339 e. The lowest BCUT2D eigenvalue weighted by molar-refractivity contribution is -0.122. The lowest BCUT2D eigenvalue weighted by Crippen LogP contribution is -2.43. The second kappa shape index (κ2) is 8.03. The Morgan fingerprint density at radius 3 is 2.61 bits per heavy atom. The molecule has 2 heterocycles. The molecule has 1 aromatic heterocycles. The first-order chi connectivity index (χ1) is 13.4. The number of carbonyl (C=O) groups excluding carboxylic acids is 3. The quantitative estimate of drug-likeness (QED) is 0.594. The highest BCUT2D eigenvalue weighted by Gasteiger charge is 2.19. The molecule has 0 bridgehead atoms. The molecule has 28 heavy (non-hydrogen) atoms. The van der Waals surface area contributed by atoms with Crippen LogP contribution in [0.3, 0.4) is 0 Å². The summed E-state index contributed by atoms with van der Waals surface area (Å²) < 4.78 is 17.1. The van der Waals surface area contributed by atoms with Gasteiger partial charge in [-0.2, -0.15) is 0 Å². The molecule has 0 saturated carbocycles. The van der Waals surface area contributed by atoms with Gasteiger partial charge < -0.3 is 18.8 Å². The number of aryl methyl sites for hydroxylation is 1. The summed E-state index contributed by atoms with van der Waals surface area (Å²) in [5.74, 6) is -0.315. The van der Waals surface area contributed by atoms with Crippen molar-refractivity contribution in [3.8, 4) is 11.5 Å². The highest BCUT2D eigenvalue weighted by Crippen LogP contribution is 2.32. The second-order valence-electron chi connectivity index (χ2n) is 6.16. The molecule has 0 unspecified atom stereocenters. The van der Waals surface area contributed by atoms with E-state index in [0.717, 1.165) is 5.69 Å². The third-order valence-corrected chi connectivity index (χ3v) is 4.32. The van der Waals surface area contributed by atoms with Crippen molar-refractivity contribution in [2.45, 2.75) is 27.3 Å². The zero-order valence-electron chi connectivity index (χ0n) is 15.8. The molecular formula is C19H21N3O6. The molecule has 9 nitrogen and oxygen atoms in total. The van der Waals surface area contributed by atoms with Crippen LogP contribution in [0.25, 0.3) is 0 Å². The van der Waals surface area contributed by atoms with Crippen molar-refractivity contribution in [2.24, 2.45) is 0 Å². The van der Waals surface area contributed by atoms with Gasteiger partial charge in [-0.15, -0.1) is 0 Å². The summed E-state index contributed by atoms with van der Waals surface area (Å²) in [7, 11) is 0. The van der Waals surface area contributed by atoms with E-state index in [0.29, 0.717) is 28.3 Å². The fraction of sp³-hybridized carbons (Fsp3) is 0.316. The molecule has 148 valence electrons. The Morgan fingerprint density at radius 2 is 1.86 bits per heavy atom. The lowest BCUT2D eigenvalue weighted by Gasteiger charge is -2.11. The first-order valence-corrected chi connectivity index (χ1v) is 8.73. The fourth-order valence-electron chi connectivity index (χ4n) is 2.88. The van der Waals surface area contributed by atoms with Gasteiger partial charge in [-0.05, 0) is 45.0 Å². The predicted octanol–water partition coefficient (Wildman–Crippen LogP) is 1.47. The van der Waals surface area contributed by atoms with E-state index in [4.69, 9.17) is 14.2 Å². The Kier molecular flexibility index (Phi) is 5.53. The summed E-state index contributed by atoms with van der Waals surface area (Å²) in [6, 6.07) is 6.41. The highest BCUT2D eigenvalue weighted by atomic mass is 16.7. The highest BCUT2D eigenvalue weighted by molar-refractivity contribution is 5.96. The van der Waals surface area contributed by atoms with Gasteiger partial charge in [0.05, 0.1) is 12.2 Å². The van der Waals surface area contributed by atoms with Crippen molar-refractivity contribution in [1.29, 1.82) is 0 Å². The summed E-state index contributed by atoms with van der Waals surface area (Å²) in [6.07, 6.45) is 0. The summed E-state index contributed by atoms with van der Waals surface area (Å²) >= 11 is 0. The van der Waals surface area contributed by atoms with Crippen LogP contribution in [-0.2, 0) is 16.1 Å². The number of nitrogens with one attached hydrogen (secondary N) is 2. The Hall–Kier alpha value is -3.49. The molecule has 0 spiro atoms. The largest absolute Gasteiger partial charge is 0.462 e. The molecule has 2 N–H and O–H groups in total. The van der Waals surface area contributed by atoms with Crippen LogP contribution < -0.4 is 20.3 Å². The predicted molar refractivity (Wildman–Crippen MR) is 98.0 cm³/mol. The zero-order valence-corrected chi connectivity index (χ0v) is 15.8. The van der Waals surface area contributed by atoms with Crippen LogP contribution in [0.2, 0.25) is 0 Å². The van der Waals surface area contributed by atoms with Crippen molar-refractivity contribution >= 4 is 17.8 Å². The van der Waals surface area contributed by atoms with Crippen molar-refractivity contribution in [3.05, 3.63) is 46.8 Å². The molecule has 9 heteroatoms. The molecule has 1 aliphatic heterocycles. The molecular weight excluding hydrogens is 366 g/mol. The van der Waals surface area contributed by atoms with E-state index in [1.807, 2.05) is 0 Å². The minimum Gasteiger partial charge on any atom is -0.462 e. The van der Waals surface area contributed by atoms with Crippen LogP contribution in [0.4, 0.5) is 0 Å². The first-order valence-electron chi connectivity index (χ1n) is 8.73. The Morgan fingerprint density at radius 1 is 1.11 bits per heavy atom. The third-order valence-electron chi connectivity index (χ3n) is 4.32. The number of aromatic nitrogens is 1. The number of esters is 1. The number of rotatable bonds is 5. The summed E-state index contributed by atoms with van der Waals surface area (Å²) in [4.78, 5) is 36.4. The molecule has 0 saturated heterocycles. The maximum absolute atomic E-state index is 12.2. The SMILES string of the molecule is CCOC(=O)c1cc(C)n(CC(=O)NNC(=O)c2ccc3c(c2)OCO3)c1C. The van der Waals surface area contributed by atoms with E-state index >= 15 is 0 Å². The average molecular weight is 387 g/mol. The van der Waals surface area contributed by atoms with E-state index in [1.54, 1.807) is 43.5 Å². The first kappa shape index (κ1) is 19.3. The standard InChI is InChI=1S/C19H21N3O6/c1-4-26-19(25)14-7-11(2)22(12(14)3)9-17(23)20-21-18(24)13-5-6-15-16(8-13)28-10-27-15/h5-8H,4,9-10H2,1-3H3,(H,20,23)(H,21,24). The topological polar surface area (TPSA) is 108 Å². The van der Waals surface area contributed by atoms with Crippen LogP contribution in [0.15, 0.2) is 24.3 Å².